The van der Waals surface area contributed by atoms with E-state index in [-0.39, 0.29) is 24.0 Å². The van der Waals surface area contributed by atoms with Crippen LogP contribution in [0, 0.1) is 6.92 Å². The van der Waals surface area contributed by atoms with Crippen LogP contribution in [0.2, 0.25) is 10.0 Å². The molecule has 0 spiro atoms. The van der Waals surface area contributed by atoms with Crippen LogP contribution >= 0.6 is 23.2 Å². The molecule has 0 saturated heterocycles. The van der Waals surface area contributed by atoms with Gasteiger partial charge in [0.05, 0.1) is 31.3 Å². The third-order valence-corrected chi connectivity index (χ3v) is 7.82. The van der Waals surface area contributed by atoms with Gasteiger partial charge >= 0.3 is 0 Å². The molecule has 0 fully saturated rings. The molecule has 0 bridgehead atoms. The summed E-state index contributed by atoms with van der Waals surface area (Å²) in [4.78, 5) is 2.44. The molecule has 0 radical (unpaired) electrons. The average molecular weight is 516 g/mol. The number of nitrogens with two attached hydrogens (primary N) is 1. The van der Waals surface area contributed by atoms with E-state index >= 15 is 0 Å². The molecule has 0 amide bonds. The quantitative estimate of drug-likeness (QED) is 0.446. The van der Waals surface area contributed by atoms with E-state index in [0.29, 0.717) is 42.0 Å². The molecule has 33 heavy (non-hydrogen) atoms. The van der Waals surface area contributed by atoms with E-state index in [1.807, 2.05) is 26.1 Å². The Morgan fingerprint density at radius 2 is 1.85 bits per heavy atom. The van der Waals surface area contributed by atoms with E-state index in [0.717, 1.165) is 29.8 Å². The Morgan fingerprint density at radius 1 is 1.12 bits per heavy atom. The summed E-state index contributed by atoms with van der Waals surface area (Å²) in [5, 5.41) is 1.20. The highest BCUT2D eigenvalue weighted by molar-refractivity contribution is 7.89. The number of likely N-dealkylation sites (N-methyl/N-ethyl adjacent to an activating group) is 1. The number of rotatable bonds is 11. The molecule has 2 aromatic carbocycles. The van der Waals surface area contributed by atoms with E-state index in [1.165, 1.54) is 0 Å². The van der Waals surface area contributed by atoms with Crippen LogP contribution in [-0.2, 0) is 26.0 Å². The molecule has 182 valence electrons. The van der Waals surface area contributed by atoms with Gasteiger partial charge in [0.2, 0.25) is 10.0 Å². The van der Waals surface area contributed by atoms with Crippen molar-refractivity contribution in [2.24, 2.45) is 5.73 Å². The number of ether oxygens (including phenoxy) is 2. The second-order valence-electron chi connectivity index (χ2n) is 8.09. The van der Waals surface area contributed by atoms with Crippen molar-refractivity contribution < 1.29 is 17.9 Å². The Bertz CT molecular complexity index is 1070. The van der Waals surface area contributed by atoms with Crippen molar-refractivity contribution >= 4 is 33.2 Å². The van der Waals surface area contributed by atoms with Crippen molar-refractivity contribution in [1.29, 1.82) is 0 Å². The van der Waals surface area contributed by atoms with Gasteiger partial charge in [-0.3, -0.25) is 0 Å². The number of hydrogen-bond acceptors (Lipinski definition) is 6. The first-order valence-corrected chi connectivity index (χ1v) is 13.1. The molecule has 1 atom stereocenters. The molecule has 3 N–H and O–H groups in total. The summed E-state index contributed by atoms with van der Waals surface area (Å²) >= 11 is 12.8. The predicted octanol–water partition coefficient (Wildman–Crippen LogP) is 3.15. The first-order valence-electron chi connectivity index (χ1n) is 10.9. The van der Waals surface area contributed by atoms with Crippen LogP contribution in [0.15, 0.2) is 35.2 Å². The highest BCUT2D eigenvalue weighted by Gasteiger charge is 2.29. The SMILES string of the molecule is Cc1c(C2CN(C)Cc3c(Cl)cc(Cl)cc32)cccc1S(=O)(=O)NCCOCCOCCN. The Balaban J connectivity index is 1.76. The fourth-order valence-corrected chi connectivity index (χ4v) is 6.00. The molecular weight excluding hydrogens is 485 g/mol. The normalized spacial score (nSPS) is 16.7. The minimum atomic E-state index is -3.70. The molecule has 0 saturated carbocycles. The molecule has 10 heteroatoms. The van der Waals surface area contributed by atoms with Gasteiger partial charge in [-0.1, -0.05) is 35.3 Å². The van der Waals surface area contributed by atoms with Crippen LogP contribution in [0.3, 0.4) is 0 Å². The Kier molecular flexibility index (Phi) is 9.55. The molecule has 3 rings (SSSR count). The highest BCUT2D eigenvalue weighted by Crippen LogP contribution is 2.40. The van der Waals surface area contributed by atoms with E-state index < -0.39 is 10.0 Å². The zero-order valence-corrected chi connectivity index (χ0v) is 21.3. The smallest absolute Gasteiger partial charge is 0.240 e. The number of nitrogens with one attached hydrogen (secondary N) is 1. The van der Waals surface area contributed by atoms with Gasteiger partial charge in [0.1, 0.15) is 0 Å². The fourth-order valence-electron chi connectivity index (χ4n) is 4.14. The Labute approximate surface area is 206 Å². The van der Waals surface area contributed by atoms with Gasteiger partial charge in [0.25, 0.3) is 0 Å². The van der Waals surface area contributed by atoms with Crippen LogP contribution in [0.1, 0.15) is 28.2 Å². The molecule has 1 aliphatic rings. The summed E-state index contributed by atoms with van der Waals surface area (Å²) in [6, 6.07) is 9.07. The largest absolute Gasteiger partial charge is 0.378 e. The summed E-state index contributed by atoms with van der Waals surface area (Å²) in [5.74, 6) is -0.0399. The molecule has 7 nitrogen and oxygen atoms in total. The molecule has 0 aromatic heterocycles. The van der Waals surface area contributed by atoms with Crippen molar-refractivity contribution in [3.63, 3.8) is 0 Å². The van der Waals surface area contributed by atoms with Gasteiger partial charge in [-0.15, -0.1) is 0 Å². The zero-order chi connectivity index (χ0) is 24.0. The number of sulfonamides is 1. The van der Waals surface area contributed by atoms with E-state index in [2.05, 4.69) is 9.62 Å². The van der Waals surface area contributed by atoms with E-state index in [1.54, 1.807) is 18.2 Å². The number of benzene rings is 2. The maximum Gasteiger partial charge on any atom is 0.240 e. The summed E-state index contributed by atoms with van der Waals surface area (Å²) in [6.45, 7) is 5.47. The van der Waals surface area contributed by atoms with Crippen LogP contribution in [0.25, 0.3) is 0 Å². The summed E-state index contributed by atoms with van der Waals surface area (Å²) < 4.78 is 39.3. The summed E-state index contributed by atoms with van der Waals surface area (Å²) in [7, 11) is -1.68. The molecule has 1 unspecified atom stereocenters. The van der Waals surface area contributed by atoms with Crippen LogP contribution in [0.4, 0.5) is 0 Å². The maximum atomic E-state index is 13.0. The van der Waals surface area contributed by atoms with Gasteiger partial charge in [0.15, 0.2) is 0 Å². The Morgan fingerprint density at radius 3 is 2.58 bits per heavy atom. The lowest BCUT2D eigenvalue weighted by Gasteiger charge is -2.34. The van der Waals surface area contributed by atoms with Crippen LogP contribution in [-0.4, -0.2) is 66.4 Å². The highest BCUT2D eigenvalue weighted by atomic mass is 35.5. The second-order valence-corrected chi connectivity index (χ2v) is 10.7. The number of fused-ring (bicyclic) bond motifs is 1. The third-order valence-electron chi connectivity index (χ3n) is 5.66. The monoisotopic (exact) mass is 515 g/mol. The van der Waals surface area contributed by atoms with Crippen molar-refractivity contribution in [3.05, 3.63) is 62.6 Å². The van der Waals surface area contributed by atoms with Crippen molar-refractivity contribution in [1.82, 2.24) is 9.62 Å². The maximum absolute atomic E-state index is 13.0. The lowest BCUT2D eigenvalue weighted by Crippen LogP contribution is -2.32. The van der Waals surface area contributed by atoms with Gasteiger partial charge < -0.3 is 20.1 Å². The minimum Gasteiger partial charge on any atom is -0.378 e. The lowest BCUT2D eigenvalue weighted by atomic mass is 9.83. The second kappa shape index (κ2) is 12.0. The number of hydrogen-bond donors (Lipinski definition) is 2. The fraction of sp³-hybridized carbons (Fsp3) is 0.478. The van der Waals surface area contributed by atoms with Crippen LogP contribution < -0.4 is 10.5 Å². The number of nitrogens with zero attached hydrogens (tertiary/aromatic N) is 1. The van der Waals surface area contributed by atoms with Crippen LogP contribution in [0.5, 0.6) is 0 Å². The Hall–Kier alpha value is -1.23. The van der Waals surface area contributed by atoms with Gasteiger partial charge in [-0.05, 0) is 54.4 Å². The molecule has 1 heterocycles. The van der Waals surface area contributed by atoms with Crippen molar-refractivity contribution in [2.75, 3.05) is 53.1 Å². The first kappa shape index (κ1) is 26.4. The minimum absolute atomic E-state index is 0.0399. The molecule has 0 aliphatic carbocycles. The third kappa shape index (κ3) is 6.68. The van der Waals surface area contributed by atoms with Crippen molar-refractivity contribution in [3.8, 4) is 0 Å². The van der Waals surface area contributed by atoms with E-state index in [9.17, 15) is 8.42 Å². The molecular formula is C23H31Cl2N3O4S. The molecule has 1 aliphatic heterocycles. The lowest BCUT2D eigenvalue weighted by molar-refractivity contribution is 0.0530. The van der Waals surface area contributed by atoms with Crippen molar-refractivity contribution in [2.45, 2.75) is 24.3 Å². The first-order chi connectivity index (χ1) is 15.7. The van der Waals surface area contributed by atoms with E-state index in [4.69, 9.17) is 38.4 Å². The standard InChI is InChI=1S/C23H31Cl2N3O4S/c1-16-18(20-14-28(2)15-21-19(20)12-17(24)13-22(21)25)4-3-5-23(16)33(29,30)27-7-9-32-11-10-31-8-6-26/h3-5,12-13,20,27H,6-11,14-15,26H2,1-2H3. The van der Waals surface area contributed by atoms with Gasteiger partial charge in [-0.2, -0.15) is 0 Å². The topological polar surface area (TPSA) is 93.9 Å². The average Bonchev–Trinajstić information content (AvgIpc) is 2.76. The summed E-state index contributed by atoms with van der Waals surface area (Å²) in [6.07, 6.45) is 0. The predicted molar refractivity (Wildman–Crippen MR) is 132 cm³/mol. The number of halogens is 2. The van der Waals surface area contributed by atoms with Gasteiger partial charge in [-0.25, -0.2) is 13.1 Å². The molecule has 2 aromatic rings. The zero-order valence-electron chi connectivity index (χ0n) is 18.9. The summed E-state index contributed by atoms with van der Waals surface area (Å²) in [5.41, 5.74) is 9.07. The van der Waals surface area contributed by atoms with Gasteiger partial charge in [0, 0.05) is 42.1 Å².